The summed E-state index contributed by atoms with van der Waals surface area (Å²) >= 11 is 0. The van der Waals surface area contributed by atoms with Crippen LogP contribution in [0, 0.1) is 0 Å². The van der Waals surface area contributed by atoms with E-state index in [2.05, 4.69) is 16.4 Å². The van der Waals surface area contributed by atoms with Gasteiger partial charge in [0.25, 0.3) is 0 Å². The van der Waals surface area contributed by atoms with E-state index in [0.29, 0.717) is 32.3 Å². The van der Waals surface area contributed by atoms with E-state index < -0.39 is 0 Å². The first-order valence-electron chi connectivity index (χ1n) is 7.56. The van der Waals surface area contributed by atoms with Gasteiger partial charge < -0.3 is 20.5 Å². The van der Waals surface area contributed by atoms with E-state index in [9.17, 15) is 0 Å². The number of halogens is 1. The molecule has 0 radical (unpaired) electrons. The van der Waals surface area contributed by atoms with Gasteiger partial charge in [0.1, 0.15) is 12.4 Å². The van der Waals surface area contributed by atoms with Crippen molar-refractivity contribution < 1.29 is 9.47 Å². The molecular weight excluding hydrogens is 417 g/mol. The normalized spacial score (nSPS) is 10.8. The van der Waals surface area contributed by atoms with Crippen molar-refractivity contribution >= 4 is 29.9 Å². The monoisotopic (exact) mass is 441 g/mol. The van der Waals surface area contributed by atoms with Gasteiger partial charge in [-0.25, -0.2) is 4.99 Å². The molecule has 0 amide bonds. The molecule has 0 heterocycles. The highest BCUT2D eigenvalue weighted by Crippen LogP contribution is 2.13. The molecule has 0 aliphatic rings. The average molecular weight is 441 g/mol. The minimum absolute atomic E-state index is 0. The van der Waals surface area contributed by atoms with Crippen LogP contribution < -0.4 is 15.8 Å². The Bertz CT molecular complexity index is 621. The lowest BCUT2D eigenvalue weighted by Crippen LogP contribution is -2.34. The molecule has 6 heteroatoms. The van der Waals surface area contributed by atoms with Crippen molar-refractivity contribution in [1.82, 2.24) is 5.32 Å². The average Bonchev–Trinajstić information content (AvgIpc) is 2.60. The number of nitrogens with zero attached hydrogens (tertiary/aromatic N) is 1. The fraction of sp³-hybridized carbons (Fsp3) is 0.278. The highest BCUT2D eigenvalue weighted by Gasteiger charge is 1.98. The standard InChI is InChI=1S/C18H23N3O2.HI/c1-22-11-10-20-18(19)21-13-15-6-5-7-16(12-15)14-23-17-8-3-2-4-9-17;/h2-9,12H,10-11,13-14H2,1H3,(H3,19,20,21);1H. The second-order valence-electron chi connectivity index (χ2n) is 5.04. The maximum atomic E-state index is 5.79. The van der Waals surface area contributed by atoms with Crippen molar-refractivity contribution in [2.24, 2.45) is 10.7 Å². The Balaban J connectivity index is 0.00000288. The second kappa shape index (κ2) is 11.7. The fourth-order valence-corrected chi connectivity index (χ4v) is 2.01. The van der Waals surface area contributed by atoms with Gasteiger partial charge in [-0.1, -0.05) is 42.5 Å². The van der Waals surface area contributed by atoms with Gasteiger partial charge in [0, 0.05) is 13.7 Å². The van der Waals surface area contributed by atoms with E-state index in [0.717, 1.165) is 16.9 Å². The molecule has 0 saturated carbocycles. The minimum Gasteiger partial charge on any atom is -0.489 e. The second-order valence-corrected chi connectivity index (χ2v) is 5.04. The Morgan fingerprint density at radius 2 is 1.83 bits per heavy atom. The highest BCUT2D eigenvalue weighted by molar-refractivity contribution is 14.0. The Kier molecular flexibility index (Phi) is 9.86. The molecule has 0 aromatic heterocycles. The van der Waals surface area contributed by atoms with Crippen molar-refractivity contribution in [2.75, 3.05) is 20.3 Å². The number of hydrogen-bond acceptors (Lipinski definition) is 3. The van der Waals surface area contributed by atoms with E-state index in [-0.39, 0.29) is 24.0 Å². The summed E-state index contributed by atoms with van der Waals surface area (Å²) in [5.41, 5.74) is 7.99. The number of benzene rings is 2. The van der Waals surface area contributed by atoms with Crippen molar-refractivity contribution in [1.29, 1.82) is 0 Å². The first-order valence-corrected chi connectivity index (χ1v) is 7.56. The number of aliphatic imine (C=N–C) groups is 1. The maximum Gasteiger partial charge on any atom is 0.188 e. The number of para-hydroxylation sites is 1. The molecule has 0 aliphatic heterocycles. The Labute approximate surface area is 160 Å². The summed E-state index contributed by atoms with van der Waals surface area (Å²) in [7, 11) is 1.65. The quantitative estimate of drug-likeness (QED) is 0.286. The molecule has 2 aromatic rings. The van der Waals surface area contributed by atoms with Gasteiger partial charge in [-0.2, -0.15) is 0 Å². The molecule has 0 saturated heterocycles. The number of nitrogens with one attached hydrogen (secondary N) is 1. The summed E-state index contributed by atoms with van der Waals surface area (Å²) in [6.07, 6.45) is 0. The lowest BCUT2D eigenvalue weighted by Gasteiger charge is -2.08. The number of guanidine groups is 1. The largest absolute Gasteiger partial charge is 0.489 e. The van der Waals surface area contributed by atoms with Gasteiger partial charge in [-0.15, -0.1) is 24.0 Å². The molecule has 2 rings (SSSR count). The zero-order valence-electron chi connectivity index (χ0n) is 13.8. The Morgan fingerprint density at radius 1 is 1.08 bits per heavy atom. The van der Waals surface area contributed by atoms with Gasteiger partial charge >= 0.3 is 0 Å². The van der Waals surface area contributed by atoms with Gasteiger partial charge in [-0.3, -0.25) is 0 Å². The third-order valence-electron chi connectivity index (χ3n) is 3.18. The molecule has 0 fully saturated rings. The van der Waals surface area contributed by atoms with Crippen molar-refractivity contribution in [2.45, 2.75) is 13.2 Å². The lowest BCUT2D eigenvalue weighted by molar-refractivity contribution is 0.204. The van der Waals surface area contributed by atoms with Crippen LogP contribution in [0.2, 0.25) is 0 Å². The van der Waals surface area contributed by atoms with Crippen LogP contribution in [0.25, 0.3) is 0 Å². The predicted octanol–water partition coefficient (Wildman–Crippen LogP) is 2.93. The molecule has 0 spiro atoms. The van der Waals surface area contributed by atoms with Crippen molar-refractivity contribution in [3.05, 3.63) is 65.7 Å². The zero-order chi connectivity index (χ0) is 16.3. The first kappa shape index (κ1) is 20.2. The number of nitrogens with two attached hydrogens (primary N) is 1. The molecule has 3 N–H and O–H groups in total. The smallest absolute Gasteiger partial charge is 0.188 e. The van der Waals surface area contributed by atoms with Crippen LogP contribution in [0.3, 0.4) is 0 Å². The lowest BCUT2D eigenvalue weighted by atomic mass is 10.1. The minimum atomic E-state index is 0. The van der Waals surface area contributed by atoms with Crippen LogP contribution in [0.15, 0.2) is 59.6 Å². The maximum absolute atomic E-state index is 5.79. The third-order valence-corrected chi connectivity index (χ3v) is 3.18. The first-order chi connectivity index (χ1) is 11.3. The summed E-state index contributed by atoms with van der Waals surface area (Å²) in [4.78, 5) is 4.31. The Morgan fingerprint density at radius 3 is 2.58 bits per heavy atom. The summed E-state index contributed by atoms with van der Waals surface area (Å²) in [6.45, 7) is 2.31. The van der Waals surface area contributed by atoms with E-state index in [1.165, 1.54) is 0 Å². The number of hydrogen-bond donors (Lipinski definition) is 2. The van der Waals surface area contributed by atoms with E-state index in [1.54, 1.807) is 7.11 Å². The third kappa shape index (κ3) is 7.65. The van der Waals surface area contributed by atoms with Crippen molar-refractivity contribution in [3.63, 3.8) is 0 Å². The molecule has 24 heavy (non-hydrogen) atoms. The van der Waals surface area contributed by atoms with Gasteiger partial charge in [0.2, 0.25) is 0 Å². The topological polar surface area (TPSA) is 68.9 Å². The summed E-state index contributed by atoms with van der Waals surface area (Å²) in [5, 5.41) is 2.99. The summed E-state index contributed by atoms with van der Waals surface area (Å²) < 4.78 is 10.7. The zero-order valence-corrected chi connectivity index (χ0v) is 16.1. The van der Waals surface area contributed by atoms with Crippen LogP contribution in [0.1, 0.15) is 11.1 Å². The van der Waals surface area contributed by atoms with Crippen LogP contribution >= 0.6 is 24.0 Å². The molecule has 130 valence electrons. The predicted molar refractivity (Wildman–Crippen MR) is 108 cm³/mol. The molecule has 2 aromatic carbocycles. The van der Waals surface area contributed by atoms with Gasteiger partial charge in [0.15, 0.2) is 5.96 Å². The summed E-state index contributed by atoms with van der Waals surface area (Å²) in [6, 6.07) is 17.9. The SMILES string of the molecule is COCCNC(N)=NCc1cccc(COc2ccccc2)c1.I. The number of ether oxygens (including phenoxy) is 2. The number of methoxy groups -OCH3 is 1. The molecule has 0 aliphatic carbocycles. The highest BCUT2D eigenvalue weighted by atomic mass is 127. The van der Waals surface area contributed by atoms with Crippen LogP contribution in [0.5, 0.6) is 5.75 Å². The molecule has 0 unspecified atom stereocenters. The molecule has 0 bridgehead atoms. The van der Waals surface area contributed by atoms with E-state index in [4.69, 9.17) is 15.2 Å². The van der Waals surface area contributed by atoms with Crippen LogP contribution in [0.4, 0.5) is 0 Å². The Hall–Kier alpha value is -1.80. The van der Waals surface area contributed by atoms with Crippen LogP contribution in [-0.2, 0) is 17.9 Å². The van der Waals surface area contributed by atoms with Gasteiger partial charge in [0.05, 0.1) is 13.2 Å². The number of rotatable bonds is 8. The van der Waals surface area contributed by atoms with E-state index >= 15 is 0 Å². The van der Waals surface area contributed by atoms with Gasteiger partial charge in [-0.05, 0) is 23.3 Å². The fourth-order valence-electron chi connectivity index (χ4n) is 2.01. The van der Waals surface area contributed by atoms with Crippen molar-refractivity contribution in [3.8, 4) is 5.75 Å². The molecule has 5 nitrogen and oxygen atoms in total. The molecule has 0 atom stereocenters. The summed E-state index contributed by atoms with van der Waals surface area (Å²) in [5.74, 6) is 1.29. The van der Waals surface area contributed by atoms with Crippen LogP contribution in [-0.4, -0.2) is 26.2 Å². The molecular formula is C18H24IN3O2. The van der Waals surface area contributed by atoms with E-state index in [1.807, 2.05) is 48.5 Å².